The van der Waals surface area contributed by atoms with E-state index in [2.05, 4.69) is 0 Å². The molecule has 6 heteroatoms. The van der Waals surface area contributed by atoms with E-state index in [4.69, 9.17) is 20.8 Å². The molecule has 1 aromatic carbocycles. The van der Waals surface area contributed by atoms with Gasteiger partial charge in [-0.1, -0.05) is 23.7 Å². The van der Waals surface area contributed by atoms with Crippen molar-refractivity contribution in [3.8, 4) is 5.75 Å². The van der Waals surface area contributed by atoms with Crippen LogP contribution in [0.5, 0.6) is 5.75 Å². The van der Waals surface area contributed by atoms with Gasteiger partial charge in [0.25, 0.3) is 11.8 Å². The summed E-state index contributed by atoms with van der Waals surface area (Å²) in [7, 11) is 0. The van der Waals surface area contributed by atoms with Crippen molar-refractivity contribution in [3.63, 3.8) is 0 Å². The Hall–Kier alpha value is -2.53. The molecule has 1 aliphatic heterocycles. The minimum Gasteiger partial charge on any atom is -0.494 e. The minimum absolute atomic E-state index is 0.0570. The Bertz CT molecular complexity index is 762. The Morgan fingerprint density at radius 3 is 2.48 bits per heavy atom. The van der Waals surface area contributed by atoms with Gasteiger partial charge in [-0.2, -0.15) is 0 Å². The lowest BCUT2D eigenvalue weighted by Gasteiger charge is -2.13. The molecule has 2 aromatic rings. The predicted molar refractivity (Wildman–Crippen MR) is 84.6 cm³/mol. The van der Waals surface area contributed by atoms with Gasteiger partial charge in [0.1, 0.15) is 16.5 Å². The average molecular weight is 332 g/mol. The number of carbonyl (C=O) groups excluding carboxylic acids is 2. The first kappa shape index (κ1) is 15.4. The standard InChI is InChI=1S/C17H14ClNO4/c1-2-22-12-7-5-11(6-8-12)14-15(18)17(21)19(16(14)20)10-13-4-3-9-23-13/h3-9H,2,10H2,1H3. The van der Waals surface area contributed by atoms with Crippen molar-refractivity contribution in [1.82, 2.24) is 4.90 Å². The van der Waals surface area contributed by atoms with Crippen molar-refractivity contribution in [1.29, 1.82) is 0 Å². The Labute approximate surface area is 138 Å². The smallest absolute Gasteiger partial charge is 0.273 e. The molecule has 2 amide bonds. The van der Waals surface area contributed by atoms with E-state index in [1.54, 1.807) is 36.4 Å². The van der Waals surface area contributed by atoms with Crippen molar-refractivity contribution in [3.05, 3.63) is 59.0 Å². The number of amides is 2. The molecular formula is C17H14ClNO4. The third-order valence-electron chi connectivity index (χ3n) is 3.46. The molecule has 0 bridgehead atoms. The number of benzene rings is 1. The van der Waals surface area contributed by atoms with Crippen LogP contribution in [0.25, 0.3) is 5.57 Å². The third-order valence-corrected chi connectivity index (χ3v) is 3.81. The molecule has 1 aliphatic rings. The van der Waals surface area contributed by atoms with E-state index < -0.39 is 11.8 Å². The molecule has 0 atom stereocenters. The van der Waals surface area contributed by atoms with Crippen LogP contribution in [0.3, 0.4) is 0 Å². The van der Waals surface area contributed by atoms with Crippen molar-refractivity contribution in [2.75, 3.05) is 6.61 Å². The summed E-state index contributed by atoms with van der Waals surface area (Å²) in [6.07, 6.45) is 1.49. The number of nitrogens with zero attached hydrogens (tertiary/aromatic N) is 1. The van der Waals surface area contributed by atoms with Crippen LogP contribution < -0.4 is 4.74 Å². The molecule has 2 heterocycles. The van der Waals surface area contributed by atoms with E-state index in [9.17, 15) is 9.59 Å². The van der Waals surface area contributed by atoms with Gasteiger partial charge >= 0.3 is 0 Å². The van der Waals surface area contributed by atoms with E-state index in [-0.39, 0.29) is 17.2 Å². The summed E-state index contributed by atoms with van der Waals surface area (Å²) in [5.74, 6) is 0.263. The molecule has 0 fully saturated rings. The lowest BCUT2D eigenvalue weighted by Crippen LogP contribution is -2.30. The molecule has 0 N–H and O–H groups in total. The van der Waals surface area contributed by atoms with Gasteiger partial charge in [-0.25, -0.2) is 0 Å². The van der Waals surface area contributed by atoms with Crippen molar-refractivity contribution < 1.29 is 18.7 Å². The summed E-state index contributed by atoms with van der Waals surface area (Å²) in [6, 6.07) is 10.3. The number of carbonyl (C=O) groups is 2. The molecule has 0 radical (unpaired) electrons. The normalized spacial score (nSPS) is 14.8. The fourth-order valence-electron chi connectivity index (χ4n) is 2.38. The monoisotopic (exact) mass is 331 g/mol. The van der Waals surface area contributed by atoms with Crippen LogP contribution >= 0.6 is 11.6 Å². The lowest BCUT2D eigenvalue weighted by atomic mass is 10.1. The summed E-state index contributed by atoms with van der Waals surface area (Å²) in [5, 5.41) is -0.0780. The topological polar surface area (TPSA) is 59.8 Å². The Morgan fingerprint density at radius 2 is 1.87 bits per heavy atom. The van der Waals surface area contributed by atoms with E-state index >= 15 is 0 Å². The Balaban J connectivity index is 1.87. The van der Waals surface area contributed by atoms with Gasteiger partial charge in [0.2, 0.25) is 0 Å². The maximum absolute atomic E-state index is 12.6. The van der Waals surface area contributed by atoms with Crippen LogP contribution in [0.1, 0.15) is 18.2 Å². The summed E-state index contributed by atoms with van der Waals surface area (Å²) in [4.78, 5) is 25.9. The van der Waals surface area contributed by atoms with Gasteiger partial charge in [0.05, 0.1) is 25.0 Å². The molecule has 0 saturated carbocycles. The number of rotatable bonds is 5. The summed E-state index contributed by atoms with van der Waals surface area (Å²) in [6.45, 7) is 2.50. The maximum Gasteiger partial charge on any atom is 0.273 e. The first-order chi connectivity index (χ1) is 11.1. The number of hydrogen-bond donors (Lipinski definition) is 0. The van der Waals surface area contributed by atoms with Gasteiger partial charge < -0.3 is 9.15 Å². The average Bonchev–Trinajstić information content (AvgIpc) is 3.13. The first-order valence-corrected chi connectivity index (χ1v) is 7.51. The zero-order valence-corrected chi connectivity index (χ0v) is 13.2. The highest BCUT2D eigenvalue weighted by molar-refractivity contribution is 6.55. The molecule has 1 aromatic heterocycles. The third kappa shape index (κ3) is 2.87. The van der Waals surface area contributed by atoms with Gasteiger partial charge in [-0.3, -0.25) is 14.5 Å². The lowest BCUT2D eigenvalue weighted by molar-refractivity contribution is -0.137. The highest BCUT2D eigenvalue weighted by Gasteiger charge is 2.38. The van der Waals surface area contributed by atoms with Gasteiger partial charge in [-0.05, 0) is 36.8 Å². The predicted octanol–water partition coefficient (Wildman–Crippen LogP) is 3.20. The van der Waals surface area contributed by atoms with Crippen molar-refractivity contribution >= 4 is 29.0 Å². The van der Waals surface area contributed by atoms with Crippen LogP contribution in [0.2, 0.25) is 0 Å². The molecule has 3 rings (SSSR count). The molecule has 23 heavy (non-hydrogen) atoms. The van der Waals surface area contributed by atoms with E-state index in [1.165, 1.54) is 6.26 Å². The summed E-state index contributed by atoms with van der Waals surface area (Å²) >= 11 is 6.10. The molecule has 5 nitrogen and oxygen atoms in total. The Morgan fingerprint density at radius 1 is 1.13 bits per heavy atom. The second-order valence-electron chi connectivity index (χ2n) is 4.92. The zero-order valence-electron chi connectivity index (χ0n) is 12.4. The fraction of sp³-hybridized carbons (Fsp3) is 0.176. The SMILES string of the molecule is CCOc1ccc(C2=C(Cl)C(=O)N(Cc3ccco3)C2=O)cc1. The second-order valence-corrected chi connectivity index (χ2v) is 5.30. The van der Waals surface area contributed by atoms with Crippen LogP contribution in [0.4, 0.5) is 0 Å². The summed E-state index contributed by atoms with van der Waals surface area (Å²) in [5.41, 5.74) is 0.782. The molecule has 0 aliphatic carbocycles. The highest BCUT2D eigenvalue weighted by Crippen LogP contribution is 2.33. The van der Waals surface area contributed by atoms with Gasteiger partial charge in [-0.15, -0.1) is 0 Å². The molecule has 0 saturated heterocycles. The summed E-state index contributed by atoms with van der Waals surface area (Å²) < 4.78 is 10.6. The first-order valence-electron chi connectivity index (χ1n) is 7.13. The highest BCUT2D eigenvalue weighted by atomic mass is 35.5. The molecule has 0 unspecified atom stereocenters. The molecule has 118 valence electrons. The number of hydrogen-bond acceptors (Lipinski definition) is 4. The largest absolute Gasteiger partial charge is 0.494 e. The number of furan rings is 1. The van der Waals surface area contributed by atoms with Crippen LogP contribution in [0, 0.1) is 0 Å². The minimum atomic E-state index is -0.517. The quantitative estimate of drug-likeness (QED) is 0.789. The number of halogens is 1. The van der Waals surface area contributed by atoms with Crippen LogP contribution in [0.15, 0.2) is 52.1 Å². The van der Waals surface area contributed by atoms with E-state index in [1.807, 2.05) is 6.92 Å². The van der Waals surface area contributed by atoms with Gasteiger partial charge in [0, 0.05) is 0 Å². The maximum atomic E-state index is 12.6. The van der Waals surface area contributed by atoms with Crippen molar-refractivity contribution in [2.45, 2.75) is 13.5 Å². The number of ether oxygens (including phenoxy) is 1. The fourth-order valence-corrected chi connectivity index (χ4v) is 2.68. The van der Waals surface area contributed by atoms with Crippen LogP contribution in [-0.2, 0) is 16.1 Å². The number of imide groups is 1. The van der Waals surface area contributed by atoms with E-state index in [0.29, 0.717) is 23.7 Å². The van der Waals surface area contributed by atoms with Crippen molar-refractivity contribution in [2.24, 2.45) is 0 Å². The molecular weight excluding hydrogens is 318 g/mol. The van der Waals surface area contributed by atoms with E-state index in [0.717, 1.165) is 4.90 Å². The van der Waals surface area contributed by atoms with Crippen LogP contribution in [-0.4, -0.2) is 23.3 Å². The van der Waals surface area contributed by atoms with Gasteiger partial charge in [0.15, 0.2) is 0 Å². The second kappa shape index (κ2) is 6.30. The zero-order chi connectivity index (χ0) is 16.4. The molecule has 0 spiro atoms. The Kier molecular flexibility index (Phi) is 4.21.